The number of nitro groups is 1. The molecule has 6 heteroatoms. The van der Waals surface area contributed by atoms with Crippen LogP contribution in [0, 0.1) is 15.5 Å². The van der Waals surface area contributed by atoms with E-state index in [0.29, 0.717) is 0 Å². The second-order valence-electron chi connectivity index (χ2n) is 5.69. The van der Waals surface area contributed by atoms with Crippen molar-refractivity contribution in [1.29, 1.82) is 0 Å². The molecule has 3 rings (SSSR count). The highest BCUT2D eigenvalue weighted by atomic mass is 35.5. The monoisotopic (exact) mass is 296 g/mol. The van der Waals surface area contributed by atoms with Gasteiger partial charge in [0.05, 0.1) is 0 Å². The summed E-state index contributed by atoms with van der Waals surface area (Å²) < 4.78 is 5.92. The summed E-state index contributed by atoms with van der Waals surface area (Å²) in [4.78, 5) is 14.3. The summed E-state index contributed by atoms with van der Waals surface area (Å²) >= 11 is 6.42. The van der Waals surface area contributed by atoms with Crippen LogP contribution in [-0.4, -0.2) is 21.4 Å². The maximum absolute atomic E-state index is 11.0. The molecular weight excluding hydrogens is 280 g/mol. The van der Waals surface area contributed by atoms with Crippen molar-refractivity contribution in [3.05, 3.63) is 28.4 Å². The summed E-state index contributed by atoms with van der Waals surface area (Å²) in [7, 11) is 0. The summed E-state index contributed by atoms with van der Waals surface area (Å²) in [5, 5.41) is 11.1. The molecule has 0 amide bonds. The number of aromatic nitrogens is 1. The summed E-state index contributed by atoms with van der Waals surface area (Å²) in [6.07, 6.45) is 7.83. The van der Waals surface area contributed by atoms with Gasteiger partial charge < -0.3 is 14.9 Å². The summed E-state index contributed by atoms with van der Waals surface area (Å²) in [6, 6.07) is 3.27. The lowest BCUT2D eigenvalue weighted by Crippen LogP contribution is -2.58. The third-order valence-electron chi connectivity index (χ3n) is 4.66. The lowest BCUT2D eigenvalue weighted by atomic mass is 9.58. The van der Waals surface area contributed by atoms with Crippen molar-refractivity contribution in [3.8, 4) is 5.75 Å². The van der Waals surface area contributed by atoms with Crippen molar-refractivity contribution in [3.63, 3.8) is 0 Å². The van der Waals surface area contributed by atoms with Gasteiger partial charge in [-0.05, 0) is 34.9 Å². The van der Waals surface area contributed by atoms with E-state index >= 15 is 0 Å². The minimum Gasteiger partial charge on any atom is -0.482 e. The minimum absolute atomic E-state index is 0.00349. The van der Waals surface area contributed by atoms with E-state index in [0.717, 1.165) is 32.1 Å². The predicted octanol–water partition coefficient (Wildman–Crippen LogP) is 3.70. The molecule has 1 heterocycles. The van der Waals surface area contributed by atoms with Crippen LogP contribution in [0.5, 0.6) is 5.75 Å². The first-order valence-corrected chi connectivity index (χ1v) is 7.47. The van der Waals surface area contributed by atoms with Gasteiger partial charge in [0.15, 0.2) is 0 Å². The van der Waals surface area contributed by atoms with Crippen molar-refractivity contribution in [2.24, 2.45) is 5.41 Å². The first-order chi connectivity index (χ1) is 9.63. The Balaban J connectivity index is 1.80. The Morgan fingerprint density at radius 3 is 2.80 bits per heavy atom. The zero-order valence-corrected chi connectivity index (χ0v) is 11.9. The van der Waals surface area contributed by atoms with Gasteiger partial charge in [0.1, 0.15) is 12.3 Å². The molecule has 5 nitrogen and oxygen atoms in total. The molecule has 0 saturated heterocycles. The van der Waals surface area contributed by atoms with Gasteiger partial charge in [0.2, 0.25) is 5.75 Å². The molecule has 1 aromatic heterocycles. The van der Waals surface area contributed by atoms with E-state index in [2.05, 4.69) is 4.98 Å². The normalized spacial score (nSPS) is 27.9. The first-order valence-electron chi connectivity index (χ1n) is 7.03. The van der Waals surface area contributed by atoms with Crippen molar-refractivity contribution < 1.29 is 9.66 Å². The predicted molar refractivity (Wildman–Crippen MR) is 75.1 cm³/mol. The Kier molecular flexibility index (Phi) is 3.54. The molecule has 1 aromatic rings. The van der Waals surface area contributed by atoms with Gasteiger partial charge in [0.25, 0.3) is 0 Å². The number of ether oxygens (including phenoxy) is 1. The molecule has 20 heavy (non-hydrogen) atoms. The molecule has 0 N–H and O–H groups in total. The third-order valence-corrected chi connectivity index (χ3v) is 5.28. The largest absolute Gasteiger partial charge is 0.482 e. The minimum atomic E-state index is -0.500. The number of alkyl halides is 1. The van der Waals surface area contributed by atoms with Crippen LogP contribution in [0.15, 0.2) is 18.3 Å². The second-order valence-corrected chi connectivity index (χ2v) is 6.21. The Morgan fingerprint density at radius 1 is 1.40 bits per heavy atom. The Bertz CT molecular complexity index is 517. The van der Waals surface area contributed by atoms with E-state index in [1.165, 1.54) is 12.6 Å². The molecule has 0 aromatic carbocycles. The first kappa shape index (κ1) is 13.6. The van der Waals surface area contributed by atoms with Crippen LogP contribution in [-0.2, 0) is 0 Å². The van der Waals surface area contributed by atoms with Crippen LogP contribution < -0.4 is 4.74 Å². The fraction of sp³-hybridized carbons (Fsp3) is 0.643. The van der Waals surface area contributed by atoms with Crippen LogP contribution in [0.4, 0.5) is 5.82 Å². The molecule has 2 fully saturated rings. The Morgan fingerprint density at radius 2 is 2.15 bits per heavy atom. The maximum atomic E-state index is 11.0. The lowest BCUT2D eigenvalue weighted by molar-refractivity contribution is -0.391. The van der Waals surface area contributed by atoms with E-state index in [9.17, 15) is 10.1 Å². The lowest BCUT2D eigenvalue weighted by Gasteiger charge is -2.54. The molecule has 0 aliphatic heterocycles. The summed E-state index contributed by atoms with van der Waals surface area (Å²) in [5.41, 5.74) is 0.00349. The molecule has 2 saturated carbocycles. The van der Waals surface area contributed by atoms with Gasteiger partial charge in [-0.1, -0.05) is 19.3 Å². The van der Waals surface area contributed by atoms with E-state index in [1.54, 1.807) is 12.1 Å². The van der Waals surface area contributed by atoms with Crippen LogP contribution in [0.1, 0.15) is 38.5 Å². The van der Waals surface area contributed by atoms with Crippen molar-refractivity contribution in [2.75, 3.05) is 0 Å². The van der Waals surface area contributed by atoms with Gasteiger partial charge >= 0.3 is 5.82 Å². The molecular formula is C14H17ClN2O3. The van der Waals surface area contributed by atoms with Crippen LogP contribution >= 0.6 is 11.6 Å². The molecule has 0 radical (unpaired) electrons. The average molecular weight is 297 g/mol. The van der Waals surface area contributed by atoms with Gasteiger partial charge in [0, 0.05) is 17.2 Å². The molecule has 0 bridgehead atoms. The van der Waals surface area contributed by atoms with Gasteiger partial charge in [-0.25, -0.2) is 0 Å². The quantitative estimate of drug-likeness (QED) is 0.484. The number of hydrogen-bond acceptors (Lipinski definition) is 4. The summed E-state index contributed by atoms with van der Waals surface area (Å²) in [6.45, 7) is 0. The highest BCUT2D eigenvalue weighted by Gasteiger charge is 2.56. The number of nitrogens with zero attached hydrogens (tertiary/aromatic N) is 2. The SMILES string of the molecule is O=[N+]([O-])c1ncccc1OC1CC(Cl)C12CCCCC2. The molecule has 2 aliphatic rings. The molecule has 2 atom stereocenters. The highest BCUT2D eigenvalue weighted by molar-refractivity contribution is 6.21. The Labute approximate surface area is 122 Å². The summed E-state index contributed by atoms with van der Waals surface area (Å²) in [5.74, 6) is 0.0486. The van der Waals surface area contributed by atoms with Crippen molar-refractivity contribution in [1.82, 2.24) is 4.98 Å². The van der Waals surface area contributed by atoms with E-state index < -0.39 is 4.92 Å². The third kappa shape index (κ3) is 2.14. The second kappa shape index (κ2) is 5.20. The van der Waals surface area contributed by atoms with E-state index in [-0.39, 0.29) is 28.5 Å². The van der Waals surface area contributed by atoms with Gasteiger partial charge in [-0.3, -0.25) is 0 Å². The van der Waals surface area contributed by atoms with Gasteiger partial charge in [-0.15, -0.1) is 11.6 Å². The zero-order valence-electron chi connectivity index (χ0n) is 11.1. The van der Waals surface area contributed by atoms with E-state index in [1.807, 2.05) is 0 Å². The zero-order chi connectivity index (χ0) is 14.2. The van der Waals surface area contributed by atoms with Crippen molar-refractivity contribution in [2.45, 2.75) is 50.0 Å². The molecule has 108 valence electrons. The van der Waals surface area contributed by atoms with Crippen LogP contribution in [0.3, 0.4) is 0 Å². The fourth-order valence-corrected chi connectivity index (χ4v) is 3.99. The number of hydrogen-bond donors (Lipinski definition) is 0. The fourth-order valence-electron chi connectivity index (χ4n) is 3.47. The molecule has 1 spiro atoms. The number of rotatable bonds is 3. The Hall–Kier alpha value is -1.36. The smallest absolute Gasteiger partial charge is 0.406 e. The van der Waals surface area contributed by atoms with Crippen LogP contribution in [0.25, 0.3) is 0 Å². The molecule has 2 unspecified atom stereocenters. The van der Waals surface area contributed by atoms with E-state index in [4.69, 9.17) is 16.3 Å². The molecule has 2 aliphatic carbocycles. The standard InChI is InChI=1S/C14H17ClN2O3/c15-11-9-12(14(11)6-2-1-3-7-14)20-10-5-4-8-16-13(10)17(18)19/h4-5,8,11-12H,1-3,6-7,9H2. The maximum Gasteiger partial charge on any atom is 0.406 e. The van der Waals surface area contributed by atoms with Gasteiger partial charge in [-0.2, -0.15) is 0 Å². The van der Waals surface area contributed by atoms with Crippen LogP contribution in [0.2, 0.25) is 0 Å². The highest BCUT2D eigenvalue weighted by Crippen LogP contribution is 2.56. The number of pyridine rings is 1. The number of halogens is 1. The average Bonchev–Trinajstić information content (AvgIpc) is 2.48. The van der Waals surface area contributed by atoms with Crippen molar-refractivity contribution >= 4 is 17.4 Å². The topological polar surface area (TPSA) is 65.3 Å².